The van der Waals surface area contributed by atoms with Gasteiger partial charge in [-0.15, -0.1) is 0 Å². The average molecular weight is 341 g/mol. The molecule has 0 aliphatic carbocycles. The molecular formula is C15H23N3O4S. The molecule has 1 aliphatic rings. The number of carbonyl (C=O) groups excluding carboxylic acids is 1. The molecule has 23 heavy (non-hydrogen) atoms. The van der Waals surface area contributed by atoms with E-state index in [0.29, 0.717) is 32.7 Å². The van der Waals surface area contributed by atoms with Gasteiger partial charge in [0.05, 0.1) is 5.75 Å². The predicted molar refractivity (Wildman–Crippen MR) is 88.6 cm³/mol. The van der Waals surface area contributed by atoms with Crippen molar-refractivity contribution in [2.75, 3.05) is 44.7 Å². The summed E-state index contributed by atoms with van der Waals surface area (Å²) in [5, 5.41) is 0. The predicted octanol–water partition coefficient (Wildman–Crippen LogP) is -0.206. The molecule has 1 aromatic heterocycles. The number of nitrogens with zero attached hydrogens (tertiary/aromatic N) is 2. The van der Waals surface area contributed by atoms with E-state index >= 15 is 0 Å². The van der Waals surface area contributed by atoms with Crippen LogP contribution in [0.15, 0.2) is 10.9 Å². The number of hydrogen-bond acceptors (Lipinski definition) is 5. The summed E-state index contributed by atoms with van der Waals surface area (Å²) in [5.74, 6) is -0.144. The third-order valence-electron chi connectivity index (χ3n) is 4.17. The van der Waals surface area contributed by atoms with Gasteiger partial charge >= 0.3 is 0 Å². The van der Waals surface area contributed by atoms with Gasteiger partial charge in [-0.25, -0.2) is 8.42 Å². The average Bonchev–Trinajstić information content (AvgIpc) is 2.48. The number of pyridine rings is 1. The minimum atomic E-state index is -2.98. The molecule has 2 rings (SSSR count). The van der Waals surface area contributed by atoms with Gasteiger partial charge < -0.3 is 9.88 Å². The van der Waals surface area contributed by atoms with E-state index in [-0.39, 0.29) is 22.8 Å². The van der Waals surface area contributed by atoms with Crippen molar-refractivity contribution in [3.8, 4) is 0 Å². The van der Waals surface area contributed by atoms with Gasteiger partial charge in [0.2, 0.25) is 0 Å². The Morgan fingerprint density at radius 2 is 1.83 bits per heavy atom. The summed E-state index contributed by atoms with van der Waals surface area (Å²) >= 11 is 0. The summed E-state index contributed by atoms with van der Waals surface area (Å²) in [6, 6.07) is 1.63. The molecule has 7 nitrogen and oxygen atoms in total. The van der Waals surface area contributed by atoms with Crippen LogP contribution >= 0.6 is 0 Å². The van der Waals surface area contributed by atoms with Crippen molar-refractivity contribution in [2.24, 2.45) is 0 Å². The van der Waals surface area contributed by atoms with Crippen LogP contribution in [0.4, 0.5) is 0 Å². The van der Waals surface area contributed by atoms with Gasteiger partial charge in [-0.05, 0) is 25.5 Å². The SMILES string of the molecule is Cc1cc(C(=O)N2CCN(CCS(C)(=O)=O)CC2)c(=O)[nH]c1C. The van der Waals surface area contributed by atoms with Crippen LogP contribution in [0.2, 0.25) is 0 Å². The molecule has 0 saturated carbocycles. The minimum Gasteiger partial charge on any atom is -0.336 e. The van der Waals surface area contributed by atoms with Crippen LogP contribution < -0.4 is 5.56 Å². The van der Waals surface area contributed by atoms with Crippen molar-refractivity contribution < 1.29 is 13.2 Å². The van der Waals surface area contributed by atoms with Crippen LogP contribution in [0, 0.1) is 13.8 Å². The molecule has 0 bridgehead atoms. The Balaban J connectivity index is 1.99. The number of hydrogen-bond donors (Lipinski definition) is 1. The van der Waals surface area contributed by atoms with E-state index in [4.69, 9.17) is 0 Å². The van der Waals surface area contributed by atoms with Crippen LogP contribution in [0.25, 0.3) is 0 Å². The maximum absolute atomic E-state index is 12.5. The van der Waals surface area contributed by atoms with Crippen molar-refractivity contribution in [3.05, 3.63) is 33.2 Å². The van der Waals surface area contributed by atoms with E-state index in [0.717, 1.165) is 11.3 Å². The molecule has 2 heterocycles. The monoisotopic (exact) mass is 341 g/mol. The number of carbonyl (C=O) groups is 1. The first-order valence-corrected chi connectivity index (χ1v) is 9.63. The number of aromatic amines is 1. The molecule has 1 N–H and O–H groups in total. The molecule has 1 aromatic rings. The van der Waals surface area contributed by atoms with Crippen molar-refractivity contribution in [3.63, 3.8) is 0 Å². The van der Waals surface area contributed by atoms with Crippen molar-refractivity contribution in [1.82, 2.24) is 14.8 Å². The highest BCUT2D eigenvalue weighted by molar-refractivity contribution is 7.90. The largest absolute Gasteiger partial charge is 0.336 e. The number of sulfone groups is 1. The summed E-state index contributed by atoms with van der Waals surface area (Å²) in [5.41, 5.74) is 1.44. The Labute approximate surface area is 136 Å². The van der Waals surface area contributed by atoms with Crippen LogP contribution in [-0.2, 0) is 9.84 Å². The Morgan fingerprint density at radius 3 is 2.39 bits per heavy atom. The Bertz CT molecular complexity index is 746. The summed E-state index contributed by atoms with van der Waals surface area (Å²) in [6.45, 7) is 6.35. The van der Waals surface area contributed by atoms with E-state index in [1.807, 2.05) is 11.8 Å². The zero-order chi connectivity index (χ0) is 17.2. The van der Waals surface area contributed by atoms with Gasteiger partial charge in [0, 0.05) is 44.7 Å². The lowest BCUT2D eigenvalue weighted by Gasteiger charge is -2.34. The number of nitrogens with one attached hydrogen (secondary N) is 1. The second kappa shape index (κ2) is 6.84. The number of aromatic nitrogens is 1. The number of aryl methyl sites for hydroxylation is 2. The smallest absolute Gasteiger partial charge is 0.261 e. The normalized spacial score (nSPS) is 16.6. The fourth-order valence-corrected chi connectivity index (χ4v) is 3.12. The lowest BCUT2D eigenvalue weighted by atomic mass is 10.1. The summed E-state index contributed by atoms with van der Waals surface area (Å²) in [7, 11) is -2.98. The molecule has 1 aliphatic heterocycles. The third-order valence-corrected chi connectivity index (χ3v) is 5.09. The van der Waals surface area contributed by atoms with Crippen LogP contribution in [0.5, 0.6) is 0 Å². The Hall–Kier alpha value is -1.67. The van der Waals surface area contributed by atoms with Gasteiger partial charge in [-0.3, -0.25) is 14.5 Å². The molecule has 8 heteroatoms. The molecule has 0 aromatic carbocycles. The molecule has 1 fully saturated rings. The second-order valence-corrected chi connectivity index (χ2v) is 8.34. The van der Waals surface area contributed by atoms with E-state index in [9.17, 15) is 18.0 Å². The summed E-state index contributed by atoms with van der Waals surface area (Å²) in [6.07, 6.45) is 1.22. The summed E-state index contributed by atoms with van der Waals surface area (Å²) in [4.78, 5) is 30.8. The second-order valence-electron chi connectivity index (χ2n) is 6.08. The van der Waals surface area contributed by atoms with Gasteiger partial charge in [-0.1, -0.05) is 0 Å². The first kappa shape index (κ1) is 17.7. The Morgan fingerprint density at radius 1 is 1.22 bits per heavy atom. The molecule has 0 radical (unpaired) electrons. The number of rotatable bonds is 4. The highest BCUT2D eigenvalue weighted by atomic mass is 32.2. The molecule has 0 atom stereocenters. The van der Waals surface area contributed by atoms with Crippen LogP contribution in [0.3, 0.4) is 0 Å². The highest BCUT2D eigenvalue weighted by Gasteiger charge is 2.24. The first-order valence-electron chi connectivity index (χ1n) is 7.57. The topological polar surface area (TPSA) is 90.6 Å². The minimum absolute atomic E-state index is 0.123. The fourth-order valence-electron chi connectivity index (χ4n) is 2.53. The third kappa shape index (κ3) is 4.65. The zero-order valence-electron chi connectivity index (χ0n) is 13.8. The van der Waals surface area contributed by atoms with Gasteiger partial charge in [0.1, 0.15) is 15.4 Å². The molecule has 1 saturated heterocycles. The van der Waals surface area contributed by atoms with Crippen molar-refractivity contribution >= 4 is 15.7 Å². The fraction of sp³-hybridized carbons (Fsp3) is 0.600. The quantitative estimate of drug-likeness (QED) is 0.819. The van der Waals surface area contributed by atoms with Gasteiger partial charge in [0.25, 0.3) is 11.5 Å². The van der Waals surface area contributed by atoms with Crippen LogP contribution in [0.1, 0.15) is 21.6 Å². The first-order chi connectivity index (χ1) is 10.7. The highest BCUT2D eigenvalue weighted by Crippen LogP contribution is 2.09. The van der Waals surface area contributed by atoms with Crippen molar-refractivity contribution in [1.29, 1.82) is 0 Å². The number of amides is 1. The van der Waals surface area contributed by atoms with Crippen molar-refractivity contribution in [2.45, 2.75) is 13.8 Å². The molecule has 0 unspecified atom stereocenters. The van der Waals surface area contributed by atoms with E-state index in [1.165, 1.54) is 6.26 Å². The molecular weight excluding hydrogens is 318 g/mol. The van der Waals surface area contributed by atoms with E-state index in [1.54, 1.807) is 17.9 Å². The van der Waals surface area contributed by atoms with E-state index in [2.05, 4.69) is 4.98 Å². The molecule has 128 valence electrons. The maximum Gasteiger partial charge on any atom is 0.261 e. The Kier molecular flexibility index (Phi) is 5.26. The van der Waals surface area contributed by atoms with Crippen LogP contribution in [-0.4, -0.2) is 73.8 Å². The maximum atomic E-state index is 12.5. The summed E-state index contributed by atoms with van der Waals surface area (Å²) < 4.78 is 22.4. The number of H-pyrrole nitrogens is 1. The van der Waals surface area contributed by atoms with Gasteiger partial charge in [0.15, 0.2) is 0 Å². The molecule has 0 spiro atoms. The lowest BCUT2D eigenvalue weighted by molar-refractivity contribution is 0.0642. The number of piperazine rings is 1. The zero-order valence-corrected chi connectivity index (χ0v) is 14.6. The lowest BCUT2D eigenvalue weighted by Crippen LogP contribution is -2.50. The van der Waals surface area contributed by atoms with E-state index < -0.39 is 9.84 Å². The standard InChI is InChI=1S/C15H23N3O4S/c1-11-10-13(14(19)16-12(11)2)15(20)18-6-4-17(5-7-18)8-9-23(3,21)22/h10H,4-9H2,1-3H3,(H,16,19). The molecule has 1 amide bonds. The van der Waals surface area contributed by atoms with Gasteiger partial charge in [-0.2, -0.15) is 0 Å².